The molecule has 1 aromatic carbocycles. The number of halogens is 6. The second-order valence-electron chi connectivity index (χ2n) is 16.7. The van der Waals surface area contributed by atoms with Crippen molar-refractivity contribution >= 4 is 53.2 Å². The molecule has 3 aliphatic rings. The number of carbonyl (C=O) groups is 9. The number of nitrogens with zero attached hydrogens (tertiary/aromatic N) is 3. The van der Waals surface area contributed by atoms with Crippen LogP contribution in [0.4, 0.5) is 31.1 Å². The summed E-state index contributed by atoms with van der Waals surface area (Å²) in [6.45, 7) is 4.04. The van der Waals surface area contributed by atoms with Gasteiger partial charge in [0.25, 0.3) is 0 Å². The molecule has 4 rings (SSSR count). The van der Waals surface area contributed by atoms with Gasteiger partial charge in [0.05, 0.1) is 46.4 Å². The molecule has 0 fully saturated rings. The number of ether oxygens (including phenoxy) is 2. The van der Waals surface area contributed by atoms with Gasteiger partial charge < -0.3 is 56.9 Å². The Kier molecular flexibility index (Phi) is 24.9. The Hall–Kier alpha value is -7.03. The van der Waals surface area contributed by atoms with Gasteiger partial charge in [0.1, 0.15) is 24.7 Å². The number of rotatable bonds is 20. The van der Waals surface area contributed by atoms with Gasteiger partial charge >= 0.3 is 36.4 Å². The van der Waals surface area contributed by atoms with Crippen molar-refractivity contribution in [2.45, 2.75) is 89.5 Å². The molecule has 27 heteroatoms. The summed E-state index contributed by atoms with van der Waals surface area (Å²) in [5.41, 5.74) is 13.3. The van der Waals surface area contributed by atoms with E-state index in [1.165, 1.54) is 40.0 Å². The highest BCUT2D eigenvalue weighted by atomic mass is 19.4. The average molecular weight is 1040 g/mol. The van der Waals surface area contributed by atoms with Crippen LogP contribution in [0.25, 0.3) is 0 Å². The fourth-order valence-corrected chi connectivity index (χ4v) is 6.93. The summed E-state index contributed by atoms with van der Waals surface area (Å²) in [5.74, 6) is -8.13. The number of carbonyl (C=O) groups excluding carboxylic acids is 7. The maximum absolute atomic E-state index is 14.2. The minimum atomic E-state index is -5.08. The lowest BCUT2D eigenvalue weighted by Crippen LogP contribution is -2.56. The van der Waals surface area contributed by atoms with Crippen LogP contribution in [0.3, 0.4) is 0 Å². The van der Waals surface area contributed by atoms with Crippen molar-refractivity contribution in [3.8, 4) is 0 Å². The van der Waals surface area contributed by atoms with Gasteiger partial charge in [-0.1, -0.05) is 44.2 Å². The lowest BCUT2D eigenvalue weighted by molar-refractivity contribution is -0.193. The van der Waals surface area contributed by atoms with Crippen LogP contribution in [-0.2, 0) is 54.4 Å². The first kappa shape index (κ1) is 61.1. The Morgan fingerprint density at radius 1 is 0.625 bits per heavy atom. The van der Waals surface area contributed by atoms with Crippen molar-refractivity contribution in [2.24, 2.45) is 17.4 Å². The highest BCUT2D eigenvalue weighted by molar-refractivity contribution is 5.99. The van der Waals surface area contributed by atoms with Crippen LogP contribution in [0.1, 0.15) is 57.9 Å². The smallest absolute Gasteiger partial charge is 0.475 e. The zero-order valence-electron chi connectivity index (χ0n) is 39.7. The van der Waals surface area contributed by atoms with Crippen molar-refractivity contribution in [3.05, 3.63) is 71.2 Å². The predicted molar refractivity (Wildman–Crippen MR) is 241 cm³/mol. The second kappa shape index (κ2) is 29.3. The number of hydrogen-bond donors (Lipinski definition) is 7. The number of carboxylic acid groups (broad SMARTS) is 2. The summed E-state index contributed by atoms with van der Waals surface area (Å²) in [4.78, 5) is 114. The molecule has 3 aliphatic heterocycles. The van der Waals surface area contributed by atoms with Crippen LogP contribution in [0.5, 0.6) is 0 Å². The first-order chi connectivity index (χ1) is 33.7. The molecule has 72 heavy (non-hydrogen) atoms. The van der Waals surface area contributed by atoms with Gasteiger partial charge in [0.15, 0.2) is 17.3 Å². The molecule has 400 valence electrons. The number of ketones is 3. The molecule has 0 radical (unpaired) electrons. The predicted octanol–water partition coefficient (Wildman–Crippen LogP) is 1.91. The third-order valence-corrected chi connectivity index (χ3v) is 10.4. The fraction of sp³-hybridized carbons (Fsp3) is 0.533. The molecule has 0 aromatic heterocycles. The number of esters is 1. The van der Waals surface area contributed by atoms with Gasteiger partial charge in [-0.15, -0.1) is 0 Å². The topological polar surface area (TPSA) is 310 Å². The van der Waals surface area contributed by atoms with E-state index in [4.69, 9.17) is 40.7 Å². The van der Waals surface area contributed by atoms with E-state index in [9.17, 15) is 59.9 Å². The molecule has 0 saturated carbocycles. The molecule has 0 bridgehead atoms. The highest BCUT2D eigenvalue weighted by Crippen LogP contribution is 2.19. The fourth-order valence-electron chi connectivity index (χ4n) is 6.93. The molecule has 0 spiro atoms. The molecule has 3 heterocycles. The van der Waals surface area contributed by atoms with Gasteiger partial charge in [-0.05, 0) is 63.1 Å². The second-order valence-corrected chi connectivity index (χ2v) is 16.7. The number of amides is 3. The molecule has 9 N–H and O–H groups in total. The average Bonchev–Trinajstić information content (AvgIpc) is 3.30. The maximum Gasteiger partial charge on any atom is 0.490 e. The Morgan fingerprint density at radius 3 is 1.46 bits per heavy atom. The van der Waals surface area contributed by atoms with Gasteiger partial charge in [-0.3, -0.25) is 28.9 Å². The Balaban J connectivity index is 0.00000111. The van der Waals surface area contributed by atoms with E-state index in [0.717, 1.165) is 5.56 Å². The number of carboxylic acids is 2. The first-order valence-corrected chi connectivity index (χ1v) is 22.3. The number of methoxy groups -OCH3 is 1. The normalized spacial score (nSPS) is 16.2. The summed E-state index contributed by atoms with van der Waals surface area (Å²) in [7, 11) is 1.28. The molecule has 1 aromatic rings. The van der Waals surface area contributed by atoms with Crippen molar-refractivity contribution < 1.29 is 89.2 Å². The zero-order valence-corrected chi connectivity index (χ0v) is 39.7. The molecule has 0 aliphatic carbocycles. The van der Waals surface area contributed by atoms with Crippen molar-refractivity contribution in [1.29, 1.82) is 0 Å². The number of alkyl halides is 6. The van der Waals surface area contributed by atoms with Crippen molar-refractivity contribution in [2.75, 3.05) is 59.5 Å². The Bertz CT molecular complexity index is 2150. The molecule has 0 unspecified atom stereocenters. The molecule has 21 nitrogen and oxygen atoms in total. The van der Waals surface area contributed by atoms with Crippen LogP contribution in [0, 0.1) is 5.92 Å². The third kappa shape index (κ3) is 21.5. The summed E-state index contributed by atoms with van der Waals surface area (Å²) < 4.78 is 73.9. The summed E-state index contributed by atoms with van der Waals surface area (Å²) in [6.07, 6.45) is -3.37. The largest absolute Gasteiger partial charge is 0.490 e. The quantitative estimate of drug-likeness (QED) is 0.0557. The maximum atomic E-state index is 14.2. The molecule has 3 atom stereocenters. The number of unbranched alkanes of at least 4 members (excludes halogenated alkanes) is 2. The minimum absolute atomic E-state index is 0.00685. The SMILES string of the molecule is COC(=O)[C@H](CCCCN)NC1=CC(=O)CN(C(=O)[C@@H](NC2=CC(=O)CN(C(=O)[C@H](CCCCN)NC3=CC(=O)CN(C(=O)OCc4ccccc4)C3)C2)C(C)C)C1.O=C(O)C(F)(F)F.O=C(O)C(F)(F)F. The molecule has 3 amide bonds. The van der Waals surface area contributed by atoms with Crippen LogP contribution in [0.2, 0.25) is 0 Å². The van der Waals surface area contributed by atoms with Gasteiger partial charge in [0, 0.05) is 35.3 Å². The summed E-state index contributed by atoms with van der Waals surface area (Å²) in [5, 5.41) is 23.7. The van der Waals surface area contributed by atoms with Crippen LogP contribution < -0.4 is 27.4 Å². The zero-order chi connectivity index (χ0) is 54.3. The van der Waals surface area contributed by atoms with E-state index < -0.39 is 66.3 Å². The monoisotopic (exact) mass is 1030 g/mol. The van der Waals surface area contributed by atoms with Gasteiger partial charge in [-0.25, -0.2) is 19.2 Å². The number of nitrogens with two attached hydrogens (primary N) is 2. The van der Waals surface area contributed by atoms with Crippen molar-refractivity contribution in [1.82, 2.24) is 30.7 Å². The van der Waals surface area contributed by atoms with E-state index in [1.54, 1.807) is 0 Å². The van der Waals surface area contributed by atoms with Crippen LogP contribution in [0.15, 0.2) is 65.7 Å². The van der Waals surface area contributed by atoms with E-state index in [0.29, 0.717) is 68.7 Å². The van der Waals surface area contributed by atoms with Crippen LogP contribution in [-0.4, -0.2) is 168 Å². The summed E-state index contributed by atoms with van der Waals surface area (Å²) >= 11 is 0. The number of nitrogens with one attached hydrogen (secondary N) is 3. The van der Waals surface area contributed by atoms with E-state index in [-0.39, 0.29) is 69.1 Å². The third-order valence-electron chi connectivity index (χ3n) is 10.4. The van der Waals surface area contributed by atoms with E-state index in [2.05, 4.69) is 16.0 Å². The van der Waals surface area contributed by atoms with Gasteiger partial charge in [0.2, 0.25) is 11.8 Å². The van der Waals surface area contributed by atoms with E-state index >= 15 is 0 Å². The van der Waals surface area contributed by atoms with Gasteiger partial charge in [-0.2, -0.15) is 26.3 Å². The van der Waals surface area contributed by atoms with Crippen molar-refractivity contribution in [3.63, 3.8) is 0 Å². The lowest BCUT2D eigenvalue weighted by Gasteiger charge is -2.36. The number of hydrogen-bond acceptors (Lipinski definition) is 16. The van der Waals surface area contributed by atoms with Crippen LogP contribution >= 0.6 is 0 Å². The molecule has 0 saturated heterocycles. The lowest BCUT2D eigenvalue weighted by atomic mass is 10.00. The standard InChI is InChI=1S/C41H58N8O9.2C2HF3O2/c1-27(2)37(39(54)48-20-29(17-32(50)24-48)45-36(40(55)57-3)14-8-10-16-43)46-31-19-33(51)23-47(21-31)38(53)35(13-7-9-15-42)44-30-18-34(52)25-49(22-30)41(56)58-26-28-11-5-4-6-12-28;2*3-2(4,5)1(6)7/h4-6,11-12,17-19,27,35-37,44-46H,7-10,13-16,20-26,42-43H2,1-3H3;2*(H,6,7)/t35-,36-,37-;;/m0../s1. The Labute approximate surface area is 409 Å². The molecular formula is C45H60F6N8O13. The minimum Gasteiger partial charge on any atom is -0.475 e. The highest BCUT2D eigenvalue weighted by Gasteiger charge is 2.39. The Morgan fingerprint density at radius 2 is 1.03 bits per heavy atom. The summed E-state index contributed by atoms with van der Waals surface area (Å²) in [6, 6.07) is 6.69. The first-order valence-electron chi connectivity index (χ1n) is 22.3. The van der Waals surface area contributed by atoms with E-state index in [1.807, 2.05) is 44.2 Å². The number of aliphatic carboxylic acids is 2. The molecular weight excluding hydrogens is 975 g/mol. The number of benzene rings is 1.